The van der Waals surface area contributed by atoms with Crippen molar-refractivity contribution in [1.82, 2.24) is 19.4 Å². The third-order valence-electron chi connectivity index (χ3n) is 3.17. The number of alkyl halides is 3. The Kier molecular flexibility index (Phi) is 5.08. The van der Waals surface area contributed by atoms with Crippen molar-refractivity contribution < 1.29 is 18.0 Å². The van der Waals surface area contributed by atoms with E-state index in [0.29, 0.717) is 5.01 Å². The fraction of sp³-hybridized carbons (Fsp3) is 0.500. The maximum atomic E-state index is 12.5. The van der Waals surface area contributed by atoms with Crippen LogP contribution in [0, 0.1) is 0 Å². The van der Waals surface area contributed by atoms with Crippen molar-refractivity contribution in [2.75, 3.05) is 7.05 Å². The Bertz CT molecular complexity index is 678. The second-order valence-electron chi connectivity index (χ2n) is 5.48. The predicted octanol–water partition coefficient (Wildman–Crippen LogP) is 3.30. The van der Waals surface area contributed by atoms with Gasteiger partial charge in [-0.25, -0.2) is 9.97 Å². The molecule has 2 aromatic rings. The summed E-state index contributed by atoms with van der Waals surface area (Å²) in [4.78, 5) is 21.8. The van der Waals surface area contributed by atoms with Crippen LogP contribution < -0.4 is 0 Å². The molecular formula is C14H17F3N4OS. The van der Waals surface area contributed by atoms with Crippen molar-refractivity contribution in [2.45, 2.75) is 39.0 Å². The molecule has 0 aliphatic heterocycles. The molecule has 0 saturated heterocycles. The minimum absolute atomic E-state index is 0.0154. The van der Waals surface area contributed by atoms with Gasteiger partial charge in [0.2, 0.25) is 0 Å². The zero-order chi connectivity index (χ0) is 17.2. The monoisotopic (exact) mass is 346 g/mol. The van der Waals surface area contributed by atoms with Crippen molar-refractivity contribution in [2.24, 2.45) is 0 Å². The lowest BCUT2D eigenvalue weighted by molar-refractivity contribution is -0.141. The van der Waals surface area contributed by atoms with Gasteiger partial charge < -0.3 is 9.47 Å². The molecule has 2 aromatic heterocycles. The van der Waals surface area contributed by atoms with Crippen LogP contribution in [0.4, 0.5) is 13.2 Å². The van der Waals surface area contributed by atoms with Crippen LogP contribution in [0.1, 0.15) is 41.1 Å². The second kappa shape index (κ2) is 6.69. The molecule has 0 atom stereocenters. The summed E-state index contributed by atoms with van der Waals surface area (Å²) >= 11 is 1.23. The Morgan fingerprint density at radius 2 is 2.13 bits per heavy atom. The highest BCUT2D eigenvalue weighted by molar-refractivity contribution is 7.11. The maximum Gasteiger partial charge on any atom is 0.406 e. The Hall–Kier alpha value is -1.90. The molecule has 0 aromatic carbocycles. The number of thiazole rings is 1. The van der Waals surface area contributed by atoms with E-state index in [9.17, 15) is 18.0 Å². The summed E-state index contributed by atoms with van der Waals surface area (Å²) in [5.74, 6) is 0.0612. The van der Waals surface area contributed by atoms with Crippen LogP contribution in [0.3, 0.4) is 0 Å². The Labute approximate surface area is 135 Å². The van der Waals surface area contributed by atoms with Crippen LogP contribution in [-0.2, 0) is 13.1 Å². The second-order valence-corrected chi connectivity index (χ2v) is 6.34. The molecule has 0 bridgehead atoms. The number of aromatic nitrogens is 3. The summed E-state index contributed by atoms with van der Waals surface area (Å²) in [5.41, 5.74) is 0.824. The lowest BCUT2D eigenvalue weighted by Crippen LogP contribution is -2.29. The molecule has 0 spiro atoms. The van der Waals surface area contributed by atoms with E-state index < -0.39 is 12.7 Å². The van der Waals surface area contributed by atoms with Crippen molar-refractivity contribution >= 4 is 17.2 Å². The SMILES string of the molecule is CC(C)c1csc(C(=O)N(C)Cc2nccn2CC(F)(F)F)n1. The summed E-state index contributed by atoms with van der Waals surface area (Å²) in [5, 5.41) is 2.14. The number of hydrogen-bond donors (Lipinski definition) is 0. The van der Waals surface area contributed by atoms with Crippen molar-refractivity contribution in [3.63, 3.8) is 0 Å². The van der Waals surface area contributed by atoms with Crippen molar-refractivity contribution in [3.8, 4) is 0 Å². The quantitative estimate of drug-likeness (QED) is 0.835. The zero-order valence-corrected chi connectivity index (χ0v) is 13.8. The van der Waals surface area contributed by atoms with Crippen LogP contribution >= 0.6 is 11.3 Å². The minimum atomic E-state index is -4.33. The van der Waals surface area contributed by atoms with Gasteiger partial charge in [0.15, 0.2) is 5.01 Å². The summed E-state index contributed by atoms with van der Waals surface area (Å²) in [7, 11) is 1.52. The van der Waals surface area contributed by atoms with E-state index in [4.69, 9.17) is 0 Å². The topological polar surface area (TPSA) is 51.0 Å². The van der Waals surface area contributed by atoms with Crippen LogP contribution in [0.25, 0.3) is 0 Å². The first-order chi connectivity index (χ1) is 10.7. The highest BCUT2D eigenvalue weighted by atomic mass is 32.1. The molecular weight excluding hydrogens is 329 g/mol. The van der Waals surface area contributed by atoms with Gasteiger partial charge in [0, 0.05) is 24.8 Å². The lowest BCUT2D eigenvalue weighted by Gasteiger charge is -2.17. The predicted molar refractivity (Wildman–Crippen MR) is 80.3 cm³/mol. The van der Waals surface area contributed by atoms with Crippen molar-refractivity contribution in [1.29, 1.82) is 0 Å². The summed E-state index contributed by atoms with van der Waals surface area (Å²) in [6.45, 7) is 2.81. The van der Waals surface area contributed by atoms with Gasteiger partial charge in [-0.3, -0.25) is 4.79 Å². The first-order valence-corrected chi connectivity index (χ1v) is 7.83. The third-order valence-corrected chi connectivity index (χ3v) is 4.02. The molecule has 126 valence electrons. The number of amides is 1. The summed E-state index contributed by atoms with van der Waals surface area (Å²) in [6, 6.07) is 0. The van der Waals surface area contributed by atoms with Crippen LogP contribution in [0.2, 0.25) is 0 Å². The van der Waals surface area contributed by atoms with Gasteiger partial charge in [-0.2, -0.15) is 13.2 Å². The molecule has 0 saturated carbocycles. The zero-order valence-electron chi connectivity index (χ0n) is 13.0. The van der Waals surface area contributed by atoms with E-state index in [1.54, 1.807) is 0 Å². The van der Waals surface area contributed by atoms with E-state index in [1.165, 1.54) is 35.7 Å². The number of halogens is 3. The largest absolute Gasteiger partial charge is 0.406 e. The van der Waals surface area contributed by atoms with E-state index in [2.05, 4.69) is 9.97 Å². The minimum Gasteiger partial charge on any atom is -0.332 e. The van der Waals surface area contributed by atoms with Gasteiger partial charge in [-0.15, -0.1) is 11.3 Å². The van der Waals surface area contributed by atoms with Crippen LogP contribution in [-0.4, -0.2) is 38.6 Å². The van der Waals surface area contributed by atoms with E-state index in [0.717, 1.165) is 10.3 Å². The molecule has 0 aliphatic rings. The fourth-order valence-corrected chi connectivity index (χ4v) is 2.90. The Balaban J connectivity index is 2.08. The number of rotatable bonds is 5. The van der Waals surface area contributed by atoms with Gasteiger partial charge in [-0.05, 0) is 5.92 Å². The number of nitrogens with zero attached hydrogens (tertiary/aromatic N) is 4. The number of imidazole rings is 1. The smallest absolute Gasteiger partial charge is 0.332 e. The van der Waals surface area contributed by atoms with Gasteiger partial charge in [0.05, 0.1) is 12.2 Å². The van der Waals surface area contributed by atoms with E-state index in [1.807, 2.05) is 19.2 Å². The molecule has 0 aliphatic carbocycles. The van der Waals surface area contributed by atoms with E-state index in [-0.39, 0.29) is 24.2 Å². The van der Waals surface area contributed by atoms with Gasteiger partial charge in [0.1, 0.15) is 12.4 Å². The highest BCUT2D eigenvalue weighted by Gasteiger charge is 2.29. The van der Waals surface area contributed by atoms with Gasteiger partial charge >= 0.3 is 6.18 Å². The number of hydrogen-bond acceptors (Lipinski definition) is 4. The molecule has 2 rings (SSSR count). The number of carbonyl (C=O) groups excluding carboxylic acids is 1. The molecule has 23 heavy (non-hydrogen) atoms. The van der Waals surface area contributed by atoms with E-state index >= 15 is 0 Å². The normalized spacial score (nSPS) is 12.0. The molecule has 2 heterocycles. The van der Waals surface area contributed by atoms with Gasteiger partial charge in [-0.1, -0.05) is 13.8 Å². The molecule has 0 unspecified atom stereocenters. The lowest BCUT2D eigenvalue weighted by atomic mass is 10.2. The fourth-order valence-electron chi connectivity index (χ4n) is 1.93. The van der Waals surface area contributed by atoms with Crippen molar-refractivity contribution in [3.05, 3.63) is 34.3 Å². The summed E-state index contributed by atoms with van der Waals surface area (Å²) in [6.07, 6.45) is -1.79. The van der Waals surface area contributed by atoms with Gasteiger partial charge in [0.25, 0.3) is 5.91 Å². The Morgan fingerprint density at radius 3 is 2.70 bits per heavy atom. The Morgan fingerprint density at radius 1 is 1.43 bits per heavy atom. The van der Waals surface area contributed by atoms with Crippen LogP contribution in [0.15, 0.2) is 17.8 Å². The highest BCUT2D eigenvalue weighted by Crippen LogP contribution is 2.21. The first kappa shape index (κ1) is 17.5. The molecule has 5 nitrogen and oxygen atoms in total. The molecule has 9 heteroatoms. The first-order valence-electron chi connectivity index (χ1n) is 6.95. The van der Waals surface area contributed by atoms with Crippen LogP contribution in [0.5, 0.6) is 0 Å². The maximum absolute atomic E-state index is 12.5. The molecule has 0 radical (unpaired) electrons. The molecule has 1 amide bonds. The average Bonchev–Trinajstić information content (AvgIpc) is 3.06. The average molecular weight is 346 g/mol. The molecule has 0 N–H and O–H groups in total. The number of carbonyl (C=O) groups is 1. The molecule has 0 fully saturated rings. The summed E-state index contributed by atoms with van der Waals surface area (Å²) < 4.78 is 38.5. The third kappa shape index (κ3) is 4.54. The standard InChI is InChI=1S/C14H17F3N4OS/c1-9(2)10-7-23-12(19-10)13(22)20(3)6-11-18-4-5-21(11)8-14(15,16)17/h4-5,7,9H,6,8H2,1-3H3.